The highest BCUT2D eigenvalue weighted by molar-refractivity contribution is 7.57. The van der Waals surface area contributed by atoms with E-state index in [1.54, 1.807) is 12.3 Å². The van der Waals surface area contributed by atoms with E-state index in [9.17, 15) is 9.46 Å². The largest absolute Gasteiger partial charge is 0.381 e. The van der Waals surface area contributed by atoms with Crippen LogP contribution in [0, 0.1) is 0 Å². The van der Waals surface area contributed by atoms with Crippen LogP contribution >= 0.6 is 7.60 Å². The van der Waals surface area contributed by atoms with E-state index >= 15 is 0 Å². The number of unbranched alkanes of at least 4 members (excludes halogenated alkanes) is 9. The van der Waals surface area contributed by atoms with Gasteiger partial charge in [-0.3, -0.25) is 4.57 Å². The van der Waals surface area contributed by atoms with Gasteiger partial charge in [-0.1, -0.05) is 64.7 Å². The molecular weight excluding hydrogens is 311 g/mol. The van der Waals surface area contributed by atoms with Crippen molar-refractivity contribution < 1.29 is 14.1 Å². The third-order valence-electron chi connectivity index (χ3n) is 3.79. The summed E-state index contributed by atoms with van der Waals surface area (Å²) in [6.45, 7) is 2.82. The van der Waals surface area contributed by atoms with E-state index in [1.807, 2.05) is 0 Å². The number of nitrogens with zero attached hydrogens (tertiary/aromatic N) is 1. The van der Waals surface area contributed by atoms with Crippen molar-refractivity contribution in [3.05, 3.63) is 23.7 Å². The normalized spacial score (nSPS) is 16.3. The minimum Gasteiger partial charge on any atom is -0.320 e. The van der Waals surface area contributed by atoms with Gasteiger partial charge in [0, 0.05) is 12.6 Å². The molecule has 5 nitrogen and oxygen atoms in total. The third kappa shape index (κ3) is 9.87. The van der Waals surface area contributed by atoms with Crippen LogP contribution in [0.5, 0.6) is 0 Å². The van der Waals surface area contributed by atoms with Crippen molar-refractivity contribution in [1.29, 1.82) is 0 Å². The van der Waals surface area contributed by atoms with E-state index in [2.05, 4.69) is 17.4 Å². The Kier molecular flexibility index (Phi) is 11.2. The molecular formula is C17H31N2O3P+. The molecule has 0 aromatic rings. The SMILES string of the molecule is CCCCCCCCCCCCNOP(=O)(O)C1=C[N+]=CC=C1. The molecule has 0 aromatic carbocycles. The quantitative estimate of drug-likeness (QED) is 0.278. The van der Waals surface area contributed by atoms with Crippen LogP contribution in [0.25, 0.3) is 0 Å². The van der Waals surface area contributed by atoms with Gasteiger partial charge in [0.15, 0.2) is 0 Å². The summed E-state index contributed by atoms with van der Waals surface area (Å²) in [4.78, 5) is 13.6. The molecule has 131 valence electrons. The second kappa shape index (κ2) is 12.7. The van der Waals surface area contributed by atoms with E-state index < -0.39 is 7.60 Å². The van der Waals surface area contributed by atoms with Gasteiger partial charge in [-0.15, -0.1) is 0 Å². The van der Waals surface area contributed by atoms with Crippen molar-refractivity contribution in [3.63, 3.8) is 0 Å². The molecule has 1 rings (SSSR count). The van der Waals surface area contributed by atoms with Gasteiger partial charge >= 0.3 is 7.60 Å². The Morgan fingerprint density at radius 1 is 1.09 bits per heavy atom. The van der Waals surface area contributed by atoms with Crippen molar-refractivity contribution in [2.45, 2.75) is 71.1 Å². The van der Waals surface area contributed by atoms with Crippen LogP contribution in [0.1, 0.15) is 71.1 Å². The molecule has 23 heavy (non-hydrogen) atoms. The lowest BCUT2D eigenvalue weighted by molar-refractivity contribution is 0.169. The van der Waals surface area contributed by atoms with Gasteiger partial charge in [-0.2, -0.15) is 5.48 Å². The first-order valence-electron chi connectivity index (χ1n) is 8.81. The second-order valence-corrected chi connectivity index (χ2v) is 7.64. The minimum atomic E-state index is -3.80. The van der Waals surface area contributed by atoms with Gasteiger partial charge in [-0.05, 0) is 12.5 Å². The fraction of sp³-hybridized carbons (Fsp3) is 0.706. The number of hydroxylamine groups is 1. The van der Waals surface area contributed by atoms with Gasteiger partial charge in [0.2, 0.25) is 6.21 Å². The predicted octanol–water partition coefficient (Wildman–Crippen LogP) is 4.43. The van der Waals surface area contributed by atoms with Crippen LogP contribution in [0.15, 0.2) is 23.7 Å². The van der Waals surface area contributed by atoms with Gasteiger partial charge in [0.25, 0.3) is 6.20 Å². The average Bonchev–Trinajstić information content (AvgIpc) is 2.56. The zero-order valence-corrected chi connectivity index (χ0v) is 15.1. The summed E-state index contributed by atoms with van der Waals surface area (Å²) in [5.74, 6) is 0. The van der Waals surface area contributed by atoms with Gasteiger partial charge in [0.05, 0.1) is 4.99 Å². The third-order valence-corrected chi connectivity index (χ3v) is 5.09. The number of hydrogen-bond donors (Lipinski definition) is 2. The Hall–Kier alpha value is -0.740. The molecule has 0 aliphatic carbocycles. The Morgan fingerprint density at radius 2 is 1.70 bits per heavy atom. The van der Waals surface area contributed by atoms with Crippen LogP contribution < -0.4 is 10.5 Å². The number of rotatable bonds is 14. The average molecular weight is 342 g/mol. The van der Waals surface area contributed by atoms with Crippen molar-refractivity contribution in [2.75, 3.05) is 6.54 Å². The van der Waals surface area contributed by atoms with Crippen molar-refractivity contribution >= 4 is 13.8 Å². The molecule has 1 atom stereocenters. The Bertz CT molecular complexity index is 447. The van der Waals surface area contributed by atoms with Crippen LogP contribution in [0.3, 0.4) is 0 Å². The maximum Gasteiger partial charge on any atom is 0.381 e. The molecule has 0 bridgehead atoms. The smallest absolute Gasteiger partial charge is 0.320 e. The molecule has 1 aliphatic rings. The fourth-order valence-corrected chi connectivity index (χ4v) is 3.25. The Labute approximate surface area is 140 Å². The molecule has 0 aromatic heterocycles. The molecule has 0 fully saturated rings. The zero-order chi connectivity index (χ0) is 16.8. The van der Waals surface area contributed by atoms with E-state index in [4.69, 9.17) is 4.62 Å². The van der Waals surface area contributed by atoms with Crippen LogP contribution in [0.2, 0.25) is 0 Å². The van der Waals surface area contributed by atoms with Crippen LogP contribution in [-0.4, -0.2) is 17.7 Å². The lowest BCUT2D eigenvalue weighted by Crippen LogP contribution is -2.15. The lowest BCUT2D eigenvalue weighted by Gasteiger charge is -2.11. The molecule has 1 unspecified atom stereocenters. The summed E-state index contributed by atoms with van der Waals surface area (Å²) in [5.41, 5.74) is 2.61. The first-order valence-corrected chi connectivity index (χ1v) is 10.4. The number of allylic oxidation sites excluding steroid dienone is 3. The summed E-state index contributed by atoms with van der Waals surface area (Å²) in [6.07, 6.45) is 18.7. The molecule has 2 N–H and O–H groups in total. The molecule has 0 saturated carbocycles. The maximum absolute atomic E-state index is 11.9. The van der Waals surface area contributed by atoms with E-state index in [0.717, 1.165) is 12.8 Å². The van der Waals surface area contributed by atoms with Gasteiger partial charge in [-0.25, -0.2) is 4.62 Å². The lowest BCUT2D eigenvalue weighted by atomic mass is 10.1. The highest BCUT2D eigenvalue weighted by Crippen LogP contribution is 2.50. The van der Waals surface area contributed by atoms with Gasteiger partial charge < -0.3 is 4.89 Å². The number of aliphatic imine (C=N–C) groups is 1. The summed E-state index contributed by atoms with van der Waals surface area (Å²) >= 11 is 0. The van der Waals surface area contributed by atoms with E-state index in [1.165, 1.54) is 63.6 Å². The molecule has 1 radical (unpaired) electrons. The predicted molar refractivity (Wildman–Crippen MR) is 96.2 cm³/mol. The molecule has 1 aliphatic heterocycles. The fourth-order valence-electron chi connectivity index (χ4n) is 2.39. The number of nitrogens with one attached hydrogen (secondary N) is 1. The minimum absolute atomic E-state index is 0.204. The maximum atomic E-state index is 11.9. The Morgan fingerprint density at radius 3 is 2.26 bits per heavy atom. The van der Waals surface area contributed by atoms with Crippen molar-refractivity contribution in [2.24, 2.45) is 0 Å². The zero-order valence-electron chi connectivity index (χ0n) is 14.2. The first-order chi connectivity index (χ1) is 11.2. The summed E-state index contributed by atoms with van der Waals surface area (Å²) in [7, 11) is -3.80. The molecule has 0 spiro atoms. The first kappa shape index (κ1) is 20.3. The van der Waals surface area contributed by atoms with Gasteiger partial charge in [0.1, 0.15) is 5.31 Å². The molecule has 0 amide bonds. The molecule has 1 heterocycles. The standard InChI is InChI=1S/C17H31N2O3P/c1-2-3-4-5-6-7-8-9-10-11-15-19-22-23(20,21)17-13-12-14-18-16-17/h12-14,16,19H,2-11,15H2,1H3,(H,20,21)/q+1. The summed E-state index contributed by atoms with van der Waals surface area (Å²) < 4.78 is 16.8. The van der Waals surface area contributed by atoms with Crippen LogP contribution in [-0.2, 0) is 9.19 Å². The highest BCUT2D eigenvalue weighted by Gasteiger charge is 2.28. The highest BCUT2D eigenvalue weighted by atomic mass is 31.2. The molecule has 0 saturated heterocycles. The Balaban J connectivity index is 1.93. The topological polar surface area (TPSA) is 72.7 Å². The monoisotopic (exact) mass is 342 g/mol. The second-order valence-electron chi connectivity index (χ2n) is 5.90. The van der Waals surface area contributed by atoms with E-state index in [-0.39, 0.29) is 5.31 Å². The number of hydrogen-bond acceptors (Lipinski definition) is 4. The van der Waals surface area contributed by atoms with E-state index in [0.29, 0.717) is 6.54 Å². The van der Waals surface area contributed by atoms with Crippen molar-refractivity contribution in [3.8, 4) is 0 Å². The summed E-state index contributed by atoms with van der Waals surface area (Å²) in [5, 5.41) is 0.204. The summed E-state index contributed by atoms with van der Waals surface area (Å²) in [6, 6.07) is 0. The van der Waals surface area contributed by atoms with Crippen molar-refractivity contribution in [1.82, 2.24) is 10.5 Å². The van der Waals surface area contributed by atoms with Crippen LogP contribution in [0.4, 0.5) is 0 Å². The molecule has 6 heteroatoms.